The molecule has 8 heteroatoms. The van der Waals surface area contributed by atoms with Crippen molar-refractivity contribution < 1.29 is 17.9 Å². The van der Waals surface area contributed by atoms with Gasteiger partial charge in [-0.15, -0.1) is 0 Å². The van der Waals surface area contributed by atoms with Gasteiger partial charge in [0, 0.05) is 18.7 Å². The molecule has 138 valence electrons. The van der Waals surface area contributed by atoms with Crippen LogP contribution in [0.15, 0.2) is 47.4 Å². The van der Waals surface area contributed by atoms with Gasteiger partial charge in [0.2, 0.25) is 10.0 Å². The van der Waals surface area contributed by atoms with Crippen molar-refractivity contribution in [3.05, 3.63) is 58.6 Å². The van der Waals surface area contributed by atoms with E-state index >= 15 is 0 Å². The van der Waals surface area contributed by atoms with Crippen LogP contribution in [0.4, 0.5) is 5.69 Å². The third kappa shape index (κ3) is 3.91. The van der Waals surface area contributed by atoms with Crippen molar-refractivity contribution in [2.45, 2.75) is 11.8 Å². The second-order valence-corrected chi connectivity index (χ2v) is 8.24. The summed E-state index contributed by atoms with van der Waals surface area (Å²) in [6.45, 7) is 3.05. The second-order valence-electron chi connectivity index (χ2n) is 5.93. The number of nitrogens with one attached hydrogen (secondary N) is 1. The van der Waals surface area contributed by atoms with Crippen LogP contribution in [0, 0.1) is 6.92 Å². The molecular weight excluding hydrogens is 376 g/mol. The quantitative estimate of drug-likeness (QED) is 0.865. The van der Waals surface area contributed by atoms with Crippen molar-refractivity contribution in [3.8, 4) is 0 Å². The summed E-state index contributed by atoms with van der Waals surface area (Å²) < 4.78 is 32.4. The minimum atomic E-state index is -3.68. The number of rotatable bonds is 4. The highest BCUT2D eigenvalue weighted by atomic mass is 35.5. The molecule has 2 aromatic rings. The van der Waals surface area contributed by atoms with Gasteiger partial charge in [-0.25, -0.2) is 8.42 Å². The molecule has 26 heavy (non-hydrogen) atoms. The lowest BCUT2D eigenvalue weighted by molar-refractivity contribution is 0.0730. The second kappa shape index (κ2) is 7.75. The fourth-order valence-corrected chi connectivity index (χ4v) is 4.54. The lowest BCUT2D eigenvalue weighted by Gasteiger charge is -2.26. The van der Waals surface area contributed by atoms with E-state index < -0.39 is 15.9 Å². The molecule has 0 radical (unpaired) electrons. The van der Waals surface area contributed by atoms with Gasteiger partial charge in [0.15, 0.2) is 0 Å². The molecule has 0 unspecified atom stereocenters. The van der Waals surface area contributed by atoms with Crippen LogP contribution >= 0.6 is 11.6 Å². The minimum absolute atomic E-state index is 0.131. The van der Waals surface area contributed by atoms with Crippen LogP contribution in [-0.2, 0) is 14.8 Å². The van der Waals surface area contributed by atoms with E-state index in [9.17, 15) is 13.2 Å². The Kier molecular flexibility index (Phi) is 5.62. The van der Waals surface area contributed by atoms with Crippen LogP contribution in [0.25, 0.3) is 0 Å². The van der Waals surface area contributed by atoms with E-state index in [1.165, 1.54) is 10.4 Å². The van der Waals surface area contributed by atoms with E-state index in [2.05, 4.69) is 5.32 Å². The maximum Gasteiger partial charge on any atom is 0.255 e. The Labute approximate surface area is 157 Å². The molecule has 1 heterocycles. The number of aryl methyl sites for hydroxylation is 1. The Hall–Kier alpha value is -1.93. The van der Waals surface area contributed by atoms with Crippen LogP contribution in [0.1, 0.15) is 15.9 Å². The Morgan fingerprint density at radius 1 is 1.15 bits per heavy atom. The number of carbonyl (C=O) groups excluding carboxylic acids is 1. The maximum atomic E-state index is 12.9. The number of benzene rings is 2. The molecule has 2 aromatic carbocycles. The first-order valence-corrected chi connectivity index (χ1v) is 9.96. The first-order chi connectivity index (χ1) is 12.4. The fraction of sp³-hybridized carbons (Fsp3) is 0.278. The fourth-order valence-electron chi connectivity index (χ4n) is 2.70. The van der Waals surface area contributed by atoms with E-state index in [0.29, 0.717) is 42.6 Å². The predicted molar refractivity (Wildman–Crippen MR) is 100 cm³/mol. The Bertz CT molecular complexity index is 925. The average Bonchev–Trinajstić information content (AvgIpc) is 2.64. The summed E-state index contributed by atoms with van der Waals surface area (Å²) in [5.41, 5.74) is 1.31. The molecule has 1 amide bonds. The lowest BCUT2D eigenvalue weighted by atomic mass is 10.1. The molecule has 0 atom stereocenters. The monoisotopic (exact) mass is 394 g/mol. The zero-order valence-electron chi connectivity index (χ0n) is 14.2. The van der Waals surface area contributed by atoms with Crippen LogP contribution in [0.2, 0.25) is 5.02 Å². The van der Waals surface area contributed by atoms with Crippen LogP contribution in [-0.4, -0.2) is 44.9 Å². The Balaban J connectivity index is 1.90. The highest BCUT2D eigenvalue weighted by Crippen LogP contribution is 2.24. The van der Waals surface area contributed by atoms with E-state index in [1.807, 2.05) is 0 Å². The third-order valence-electron chi connectivity index (χ3n) is 4.16. The van der Waals surface area contributed by atoms with Gasteiger partial charge in [-0.1, -0.05) is 29.8 Å². The van der Waals surface area contributed by atoms with Crippen molar-refractivity contribution in [1.29, 1.82) is 0 Å². The predicted octanol–water partition coefficient (Wildman–Crippen LogP) is 2.92. The van der Waals surface area contributed by atoms with Gasteiger partial charge in [-0.3, -0.25) is 4.79 Å². The number of halogens is 1. The largest absolute Gasteiger partial charge is 0.379 e. The van der Waals surface area contributed by atoms with E-state index in [1.54, 1.807) is 43.3 Å². The molecule has 0 saturated carbocycles. The van der Waals surface area contributed by atoms with Crippen molar-refractivity contribution in [3.63, 3.8) is 0 Å². The summed E-state index contributed by atoms with van der Waals surface area (Å²) in [4.78, 5) is 12.7. The van der Waals surface area contributed by atoms with E-state index in [-0.39, 0.29) is 10.5 Å². The number of amides is 1. The van der Waals surface area contributed by atoms with Crippen molar-refractivity contribution in [2.24, 2.45) is 0 Å². The van der Waals surface area contributed by atoms with Gasteiger partial charge in [0.25, 0.3) is 5.91 Å². The molecule has 1 aliphatic heterocycles. The van der Waals surface area contributed by atoms with Gasteiger partial charge in [-0.2, -0.15) is 4.31 Å². The van der Waals surface area contributed by atoms with E-state index in [4.69, 9.17) is 16.3 Å². The molecule has 0 aliphatic carbocycles. The topological polar surface area (TPSA) is 75.7 Å². The SMILES string of the molecule is Cc1ccc(C(=O)Nc2ccccc2Cl)cc1S(=O)(=O)N1CCOCC1. The van der Waals surface area contributed by atoms with Crippen LogP contribution in [0.3, 0.4) is 0 Å². The van der Waals surface area contributed by atoms with Crippen molar-refractivity contribution in [1.82, 2.24) is 4.31 Å². The van der Waals surface area contributed by atoms with E-state index in [0.717, 1.165) is 0 Å². The maximum absolute atomic E-state index is 12.9. The molecule has 3 rings (SSSR count). The summed E-state index contributed by atoms with van der Waals surface area (Å²) in [5, 5.41) is 3.12. The smallest absolute Gasteiger partial charge is 0.255 e. The van der Waals surface area contributed by atoms with Gasteiger partial charge < -0.3 is 10.1 Å². The Morgan fingerprint density at radius 2 is 1.85 bits per heavy atom. The number of sulfonamides is 1. The number of morpholine rings is 1. The van der Waals surface area contributed by atoms with Gasteiger partial charge in [0.05, 0.1) is 28.8 Å². The van der Waals surface area contributed by atoms with Crippen molar-refractivity contribution >= 4 is 33.2 Å². The molecule has 0 bridgehead atoms. The van der Waals surface area contributed by atoms with Gasteiger partial charge >= 0.3 is 0 Å². The summed E-state index contributed by atoms with van der Waals surface area (Å²) in [6, 6.07) is 11.5. The number of ether oxygens (including phenoxy) is 1. The molecule has 1 aliphatic rings. The number of carbonyl (C=O) groups is 1. The number of anilines is 1. The van der Waals surface area contributed by atoms with Crippen molar-refractivity contribution in [2.75, 3.05) is 31.6 Å². The molecule has 0 aromatic heterocycles. The highest BCUT2D eigenvalue weighted by molar-refractivity contribution is 7.89. The summed E-state index contributed by atoms with van der Waals surface area (Å²) in [6.07, 6.45) is 0. The Morgan fingerprint density at radius 3 is 2.54 bits per heavy atom. The van der Waals surface area contributed by atoms with Crippen LogP contribution in [0.5, 0.6) is 0 Å². The molecule has 0 spiro atoms. The normalized spacial score (nSPS) is 15.6. The molecule has 1 N–H and O–H groups in total. The number of nitrogens with zero attached hydrogens (tertiary/aromatic N) is 1. The first-order valence-electron chi connectivity index (χ1n) is 8.14. The highest BCUT2D eigenvalue weighted by Gasteiger charge is 2.28. The standard InChI is InChI=1S/C18H19ClN2O4S/c1-13-6-7-14(18(22)20-16-5-3-2-4-15(16)19)12-17(13)26(23,24)21-8-10-25-11-9-21/h2-7,12H,8-11H2,1H3,(H,20,22). The molecule has 1 saturated heterocycles. The average molecular weight is 395 g/mol. The van der Waals surface area contributed by atoms with Crippen LogP contribution < -0.4 is 5.32 Å². The zero-order chi connectivity index (χ0) is 18.7. The zero-order valence-corrected chi connectivity index (χ0v) is 15.8. The summed E-state index contributed by atoms with van der Waals surface area (Å²) in [5.74, 6) is -0.420. The first kappa shape index (κ1) is 18.8. The van der Waals surface area contributed by atoms with Gasteiger partial charge in [0.1, 0.15) is 0 Å². The van der Waals surface area contributed by atoms with Gasteiger partial charge in [-0.05, 0) is 36.8 Å². The lowest BCUT2D eigenvalue weighted by Crippen LogP contribution is -2.40. The number of hydrogen-bond donors (Lipinski definition) is 1. The number of hydrogen-bond acceptors (Lipinski definition) is 4. The summed E-state index contributed by atoms with van der Waals surface area (Å²) >= 11 is 6.06. The molecule has 1 fully saturated rings. The number of para-hydroxylation sites is 1. The third-order valence-corrected chi connectivity index (χ3v) is 6.53. The molecular formula is C18H19ClN2O4S. The molecule has 6 nitrogen and oxygen atoms in total. The minimum Gasteiger partial charge on any atom is -0.379 e. The summed E-state index contributed by atoms with van der Waals surface area (Å²) in [7, 11) is -3.68.